The lowest BCUT2D eigenvalue weighted by atomic mass is 10.1. The van der Waals surface area contributed by atoms with Gasteiger partial charge in [0.15, 0.2) is 5.13 Å². The molecule has 2 heterocycles. The van der Waals surface area contributed by atoms with Gasteiger partial charge >= 0.3 is 6.03 Å². The predicted octanol–water partition coefficient (Wildman–Crippen LogP) is 4.17. The lowest BCUT2D eigenvalue weighted by molar-refractivity contribution is 0.220. The second-order valence-corrected chi connectivity index (χ2v) is 8.54. The van der Waals surface area contributed by atoms with Crippen molar-refractivity contribution >= 4 is 33.8 Å². The summed E-state index contributed by atoms with van der Waals surface area (Å²) in [6.07, 6.45) is 0.820. The Morgan fingerprint density at radius 2 is 2.00 bits per heavy atom. The summed E-state index contributed by atoms with van der Waals surface area (Å²) in [6, 6.07) is 8.24. The van der Waals surface area contributed by atoms with E-state index in [1.165, 1.54) is 33.8 Å². The topological polar surface area (TPSA) is 71.0 Å². The van der Waals surface area contributed by atoms with Crippen molar-refractivity contribution in [2.45, 2.75) is 33.7 Å². The number of nitrogens with one attached hydrogen (secondary N) is 1. The van der Waals surface area contributed by atoms with Gasteiger partial charge < -0.3 is 4.90 Å². The highest BCUT2D eigenvalue weighted by molar-refractivity contribution is 7.15. The normalized spacial score (nSPS) is 10.8. The van der Waals surface area contributed by atoms with E-state index in [9.17, 15) is 4.79 Å². The van der Waals surface area contributed by atoms with Crippen molar-refractivity contribution in [1.29, 1.82) is 0 Å². The molecular formula is C18H21N5OS2. The molecule has 2 amide bonds. The smallest absolute Gasteiger partial charge is 0.321 e. The Bertz CT molecular complexity index is 918. The minimum atomic E-state index is -0.200. The number of rotatable bonds is 5. The molecule has 1 N–H and O–H groups in total. The summed E-state index contributed by atoms with van der Waals surface area (Å²) in [5, 5.41) is 13.2. The highest BCUT2D eigenvalue weighted by Gasteiger charge is 2.15. The van der Waals surface area contributed by atoms with Crippen LogP contribution >= 0.6 is 22.7 Å². The van der Waals surface area contributed by atoms with Gasteiger partial charge in [-0.2, -0.15) is 0 Å². The molecule has 0 fully saturated rings. The third kappa shape index (κ3) is 4.64. The number of amides is 2. The van der Waals surface area contributed by atoms with E-state index in [-0.39, 0.29) is 6.03 Å². The van der Waals surface area contributed by atoms with Crippen LogP contribution in [0.2, 0.25) is 0 Å². The lowest BCUT2D eigenvalue weighted by Crippen LogP contribution is -2.30. The molecule has 0 saturated heterocycles. The standard InChI is InChI=1S/C18H21N5OS2/c1-11-6-5-7-14(8-11)9-15-12(2)19-17(26-15)20-18(24)23(4)10-16-22-21-13(3)25-16/h5-8H,9-10H2,1-4H3,(H,19,20,24). The minimum Gasteiger partial charge on any atom is -0.321 e. The lowest BCUT2D eigenvalue weighted by Gasteiger charge is -2.14. The number of urea groups is 1. The molecule has 0 aliphatic heterocycles. The van der Waals surface area contributed by atoms with Gasteiger partial charge in [0.25, 0.3) is 0 Å². The number of aromatic nitrogens is 3. The number of nitrogens with zero attached hydrogens (tertiary/aromatic N) is 4. The van der Waals surface area contributed by atoms with Crippen molar-refractivity contribution in [3.05, 3.63) is 56.0 Å². The van der Waals surface area contributed by atoms with E-state index in [1.807, 2.05) is 13.8 Å². The Morgan fingerprint density at radius 1 is 1.19 bits per heavy atom. The number of aryl methyl sites for hydroxylation is 3. The van der Waals surface area contributed by atoms with E-state index in [0.29, 0.717) is 11.7 Å². The molecule has 0 atom stereocenters. The number of thiazole rings is 1. The SMILES string of the molecule is Cc1cccc(Cc2sc(NC(=O)N(C)Cc3nnc(C)s3)nc2C)c1. The van der Waals surface area contributed by atoms with Crippen LogP contribution in [0.3, 0.4) is 0 Å². The molecular weight excluding hydrogens is 366 g/mol. The maximum absolute atomic E-state index is 12.4. The molecule has 0 aliphatic rings. The van der Waals surface area contributed by atoms with E-state index in [0.717, 1.165) is 27.0 Å². The van der Waals surface area contributed by atoms with E-state index < -0.39 is 0 Å². The average Bonchev–Trinajstić information content (AvgIpc) is 3.13. The molecule has 136 valence electrons. The zero-order valence-electron chi connectivity index (χ0n) is 15.2. The average molecular weight is 388 g/mol. The molecule has 0 radical (unpaired) electrons. The van der Waals surface area contributed by atoms with Crippen molar-refractivity contribution in [1.82, 2.24) is 20.1 Å². The van der Waals surface area contributed by atoms with Gasteiger partial charge in [-0.05, 0) is 26.3 Å². The summed E-state index contributed by atoms with van der Waals surface area (Å²) in [5.74, 6) is 0. The van der Waals surface area contributed by atoms with Crippen LogP contribution in [-0.2, 0) is 13.0 Å². The number of hydrogen-bond donors (Lipinski definition) is 1. The van der Waals surface area contributed by atoms with Crippen LogP contribution < -0.4 is 5.32 Å². The van der Waals surface area contributed by atoms with Gasteiger partial charge in [-0.15, -0.1) is 21.5 Å². The Labute approximate surface area is 160 Å². The van der Waals surface area contributed by atoms with Crippen LogP contribution in [0.25, 0.3) is 0 Å². The molecule has 0 bridgehead atoms. The van der Waals surface area contributed by atoms with E-state index in [1.54, 1.807) is 11.9 Å². The maximum atomic E-state index is 12.4. The summed E-state index contributed by atoms with van der Waals surface area (Å²) in [6.45, 7) is 6.39. The summed E-state index contributed by atoms with van der Waals surface area (Å²) >= 11 is 3.01. The monoisotopic (exact) mass is 387 g/mol. The van der Waals surface area contributed by atoms with Gasteiger partial charge in [-0.3, -0.25) is 5.32 Å². The van der Waals surface area contributed by atoms with Crippen molar-refractivity contribution in [2.24, 2.45) is 0 Å². The molecule has 0 aliphatic carbocycles. The fraction of sp³-hybridized carbons (Fsp3) is 0.333. The molecule has 3 rings (SSSR count). The summed E-state index contributed by atoms with van der Waals surface area (Å²) in [7, 11) is 1.74. The fourth-order valence-electron chi connectivity index (χ4n) is 2.52. The Hall–Kier alpha value is -2.32. The van der Waals surface area contributed by atoms with Gasteiger partial charge in [0, 0.05) is 18.3 Å². The first-order valence-corrected chi connectivity index (χ1v) is 9.87. The Balaban J connectivity index is 1.63. The second kappa shape index (κ2) is 7.92. The Morgan fingerprint density at radius 3 is 2.69 bits per heavy atom. The minimum absolute atomic E-state index is 0.200. The largest absolute Gasteiger partial charge is 0.323 e. The first kappa shape index (κ1) is 18.5. The summed E-state index contributed by atoms with van der Waals surface area (Å²) in [4.78, 5) is 19.6. The van der Waals surface area contributed by atoms with Gasteiger partial charge in [0.2, 0.25) is 0 Å². The van der Waals surface area contributed by atoms with Crippen LogP contribution in [0.5, 0.6) is 0 Å². The molecule has 0 unspecified atom stereocenters. The molecule has 8 heteroatoms. The molecule has 1 aromatic carbocycles. The molecule has 0 saturated carbocycles. The zero-order chi connectivity index (χ0) is 18.7. The van der Waals surface area contributed by atoms with E-state index >= 15 is 0 Å². The van der Waals surface area contributed by atoms with Crippen LogP contribution in [0.15, 0.2) is 24.3 Å². The molecule has 0 spiro atoms. The third-order valence-electron chi connectivity index (χ3n) is 3.84. The van der Waals surface area contributed by atoms with Crippen molar-refractivity contribution in [2.75, 3.05) is 12.4 Å². The second-order valence-electron chi connectivity index (χ2n) is 6.19. The molecule has 2 aromatic heterocycles. The number of hydrogen-bond acceptors (Lipinski definition) is 6. The zero-order valence-corrected chi connectivity index (χ0v) is 16.9. The van der Waals surface area contributed by atoms with E-state index in [4.69, 9.17) is 0 Å². The molecule has 3 aromatic rings. The van der Waals surface area contributed by atoms with Crippen molar-refractivity contribution in [3.63, 3.8) is 0 Å². The van der Waals surface area contributed by atoms with Gasteiger partial charge in [0.05, 0.1) is 12.2 Å². The number of benzene rings is 1. The van der Waals surface area contributed by atoms with Crippen molar-refractivity contribution in [3.8, 4) is 0 Å². The van der Waals surface area contributed by atoms with Crippen LogP contribution in [0, 0.1) is 20.8 Å². The Kier molecular flexibility index (Phi) is 5.63. The maximum Gasteiger partial charge on any atom is 0.323 e. The highest BCUT2D eigenvalue weighted by atomic mass is 32.1. The van der Waals surface area contributed by atoms with Crippen LogP contribution in [0.4, 0.5) is 9.93 Å². The number of anilines is 1. The predicted molar refractivity (Wildman–Crippen MR) is 106 cm³/mol. The highest BCUT2D eigenvalue weighted by Crippen LogP contribution is 2.26. The van der Waals surface area contributed by atoms with Gasteiger partial charge in [0.1, 0.15) is 10.0 Å². The summed E-state index contributed by atoms with van der Waals surface area (Å²) < 4.78 is 0. The molecule has 26 heavy (non-hydrogen) atoms. The molecule has 6 nitrogen and oxygen atoms in total. The first-order valence-electron chi connectivity index (χ1n) is 8.23. The van der Waals surface area contributed by atoms with Gasteiger partial charge in [-0.25, -0.2) is 9.78 Å². The van der Waals surface area contributed by atoms with Crippen LogP contribution in [-0.4, -0.2) is 33.2 Å². The summed E-state index contributed by atoms with van der Waals surface area (Å²) in [5.41, 5.74) is 3.44. The van der Waals surface area contributed by atoms with Gasteiger partial charge in [-0.1, -0.05) is 41.2 Å². The quantitative estimate of drug-likeness (QED) is 0.713. The number of carbonyl (C=O) groups is 1. The first-order chi connectivity index (χ1) is 12.4. The van der Waals surface area contributed by atoms with Crippen molar-refractivity contribution < 1.29 is 4.79 Å². The third-order valence-corrected chi connectivity index (χ3v) is 5.74. The fourth-order valence-corrected chi connectivity index (χ4v) is 4.27. The number of carbonyl (C=O) groups excluding carboxylic acids is 1. The van der Waals surface area contributed by atoms with E-state index in [2.05, 4.69) is 51.7 Å². The van der Waals surface area contributed by atoms with Crippen LogP contribution in [0.1, 0.15) is 31.7 Å².